The summed E-state index contributed by atoms with van der Waals surface area (Å²) in [4.78, 5) is 2.23. The summed E-state index contributed by atoms with van der Waals surface area (Å²) in [6.07, 6.45) is -1.83. The van der Waals surface area contributed by atoms with E-state index in [0.29, 0.717) is 18.5 Å². The number of piperidine rings is 1. The fraction of sp³-hybridized carbons (Fsp3) is 1.00. The summed E-state index contributed by atoms with van der Waals surface area (Å²) in [5.74, 6) is 0. The molecule has 2 nitrogen and oxygen atoms in total. The average Bonchev–Trinajstić information content (AvgIpc) is 2.13. The first-order valence-corrected chi connectivity index (χ1v) is 5.78. The Morgan fingerprint density at radius 2 is 1.75 bits per heavy atom. The van der Waals surface area contributed by atoms with Crippen LogP contribution in [-0.4, -0.2) is 43.8 Å². The molecule has 1 aliphatic rings. The molecular formula is C11H21F3N2. The van der Waals surface area contributed by atoms with Crippen molar-refractivity contribution < 1.29 is 13.2 Å². The Morgan fingerprint density at radius 3 is 2.25 bits per heavy atom. The van der Waals surface area contributed by atoms with Crippen LogP contribution in [0.4, 0.5) is 13.2 Å². The molecule has 1 N–H and O–H groups in total. The molecule has 0 aromatic carbocycles. The third-order valence-corrected chi connectivity index (χ3v) is 3.14. The average molecular weight is 238 g/mol. The lowest BCUT2D eigenvalue weighted by atomic mass is 9.83. The first-order chi connectivity index (χ1) is 7.29. The maximum Gasteiger partial charge on any atom is 0.401 e. The molecule has 1 rings (SSSR count). The molecule has 0 aliphatic carbocycles. The van der Waals surface area contributed by atoms with Crippen molar-refractivity contribution in [2.45, 2.75) is 32.9 Å². The van der Waals surface area contributed by atoms with Gasteiger partial charge in [0.2, 0.25) is 0 Å². The highest BCUT2D eigenvalue weighted by atomic mass is 19.4. The molecule has 0 aromatic rings. The van der Waals surface area contributed by atoms with Crippen LogP contribution in [-0.2, 0) is 0 Å². The molecule has 0 saturated carbocycles. The fourth-order valence-corrected chi connectivity index (χ4v) is 1.85. The highest BCUT2D eigenvalue weighted by molar-refractivity contribution is 4.78. The first-order valence-electron chi connectivity index (χ1n) is 5.78. The summed E-state index contributed by atoms with van der Waals surface area (Å²) >= 11 is 0. The highest BCUT2D eigenvalue weighted by Gasteiger charge is 2.27. The molecule has 0 bridgehead atoms. The van der Waals surface area contributed by atoms with Gasteiger partial charge in [-0.25, -0.2) is 0 Å². The van der Waals surface area contributed by atoms with E-state index in [4.69, 9.17) is 0 Å². The molecule has 96 valence electrons. The van der Waals surface area contributed by atoms with Crippen molar-refractivity contribution in [1.82, 2.24) is 10.2 Å². The zero-order valence-corrected chi connectivity index (χ0v) is 10.0. The maximum atomic E-state index is 11.8. The van der Waals surface area contributed by atoms with Gasteiger partial charge < -0.3 is 10.2 Å². The zero-order chi connectivity index (χ0) is 12.2. The minimum atomic E-state index is -4.09. The zero-order valence-electron chi connectivity index (χ0n) is 10.0. The Kier molecular flexibility index (Phi) is 4.62. The summed E-state index contributed by atoms with van der Waals surface area (Å²) < 4.78 is 35.5. The SMILES string of the molecule is CC1(C)CCN(CCNCC(F)(F)F)CC1. The third-order valence-electron chi connectivity index (χ3n) is 3.14. The summed E-state index contributed by atoms with van der Waals surface area (Å²) in [6.45, 7) is 6.73. The summed E-state index contributed by atoms with van der Waals surface area (Å²) in [6, 6.07) is 0. The van der Waals surface area contributed by atoms with Crippen LogP contribution in [0.3, 0.4) is 0 Å². The number of likely N-dealkylation sites (tertiary alicyclic amines) is 1. The van der Waals surface area contributed by atoms with Crippen LogP contribution < -0.4 is 5.32 Å². The van der Waals surface area contributed by atoms with E-state index in [1.807, 2.05) is 0 Å². The predicted molar refractivity (Wildman–Crippen MR) is 58.4 cm³/mol. The third kappa shape index (κ3) is 5.70. The molecule has 1 fully saturated rings. The lowest BCUT2D eigenvalue weighted by Gasteiger charge is -2.36. The van der Waals surface area contributed by atoms with Crippen LogP contribution in [0.15, 0.2) is 0 Å². The lowest BCUT2D eigenvalue weighted by Crippen LogP contribution is -2.42. The van der Waals surface area contributed by atoms with E-state index < -0.39 is 12.7 Å². The van der Waals surface area contributed by atoms with E-state index in [1.165, 1.54) is 0 Å². The van der Waals surface area contributed by atoms with Crippen LogP contribution in [0.25, 0.3) is 0 Å². The van der Waals surface area contributed by atoms with Crippen molar-refractivity contribution in [2.75, 3.05) is 32.7 Å². The standard InChI is InChI=1S/C11H21F3N2/c1-10(2)3-6-16(7-4-10)8-5-15-9-11(12,13)14/h15H,3-9H2,1-2H3. The van der Waals surface area contributed by atoms with Gasteiger partial charge in [0.25, 0.3) is 0 Å². The van der Waals surface area contributed by atoms with Gasteiger partial charge in [0.15, 0.2) is 0 Å². The van der Waals surface area contributed by atoms with Crippen molar-refractivity contribution in [1.29, 1.82) is 0 Å². The van der Waals surface area contributed by atoms with Gasteiger partial charge in [-0.05, 0) is 31.3 Å². The summed E-state index contributed by atoms with van der Waals surface area (Å²) in [5.41, 5.74) is 0.399. The monoisotopic (exact) mass is 238 g/mol. The quantitative estimate of drug-likeness (QED) is 0.756. The van der Waals surface area contributed by atoms with E-state index in [9.17, 15) is 13.2 Å². The second kappa shape index (κ2) is 5.36. The number of hydrogen-bond acceptors (Lipinski definition) is 2. The number of nitrogens with zero attached hydrogens (tertiary/aromatic N) is 1. The minimum absolute atomic E-state index is 0.399. The molecule has 5 heteroatoms. The number of rotatable bonds is 4. The Hall–Kier alpha value is -0.290. The van der Waals surface area contributed by atoms with Crippen LogP contribution in [0.1, 0.15) is 26.7 Å². The van der Waals surface area contributed by atoms with E-state index in [-0.39, 0.29) is 0 Å². The largest absolute Gasteiger partial charge is 0.401 e. The summed E-state index contributed by atoms with van der Waals surface area (Å²) in [7, 11) is 0. The molecule has 16 heavy (non-hydrogen) atoms. The number of alkyl halides is 3. The predicted octanol–water partition coefficient (Wildman–Crippen LogP) is 2.26. The molecule has 1 saturated heterocycles. The molecule has 1 aliphatic heterocycles. The molecule has 0 amide bonds. The molecule has 0 spiro atoms. The molecule has 0 radical (unpaired) electrons. The summed E-state index contributed by atoms with van der Waals surface area (Å²) in [5, 5.41) is 2.43. The Balaban J connectivity index is 2.07. The van der Waals surface area contributed by atoms with Gasteiger partial charge in [-0.1, -0.05) is 13.8 Å². The van der Waals surface area contributed by atoms with Gasteiger partial charge in [0, 0.05) is 13.1 Å². The maximum absolute atomic E-state index is 11.8. The van der Waals surface area contributed by atoms with E-state index in [1.54, 1.807) is 0 Å². The van der Waals surface area contributed by atoms with E-state index in [2.05, 4.69) is 24.1 Å². The Morgan fingerprint density at radius 1 is 1.19 bits per heavy atom. The number of hydrogen-bond donors (Lipinski definition) is 1. The van der Waals surface area contributed by atoms with Gasteiger partial charge in [-0.2, -0.15) is 13.2 Å². The Bertz CT molecular complexity index is 204. The van der Waals surface area contributed by atoms with Crippen LogP contribution in [0.2, 0.25) is 0 Å². The van der Waals surface area contributed by atoms with Crippen LogP contribution in [0.5, 0.6) is 0 Å². The van der Waals surface area contributed by atoms with Crippen LogP contribution in [0, 0.1) is 5.41 Å². The molecule has 0 aromatic heterocycles. The van der Waals surface area contributed by atoms with E-state index in [0.717, 1.165) is 25.9 Å². The van der Waals surface area contributed by atoms with Gasteiger partial charge in [0.05, 0.1) is 6.54 Å². The molecule has 1 heterocycles. The van der Waals surface area contributed by atoms with Gasteiger partial charge in [0.1, 0.15) is 0 Å². The van der Waals surface area contributed by atoms with Crippen molar-refractivity contribution in [3.05, 3.63) is 0 Å². The van der Waals surface area contributed by atoms with Gasteiger partial charge >= 0.3 is 6.18 Å². The van der Waals surface area contributed by atoms with Gasteiger partial charge in [-0.3, -0.25) is 0 Å². The van der Waals surface area contributed by atoms with Gasteiger partial charge in [-0.15, -0.1) is 0 Å². The van der Waals surface area contributed by atoms with Crippen molar-refractivity contribution >= 4 is 0 Å². The second-order valence-electron chi connectivity index (χ2n) is 5.30. The molecule has 0 unspecified atom stereocenters. The smallest absolute Gasteiger partial charge is 0.307 e. The van der Waals surface area contributed by atoms with Crippen molar-refractivity contribution in [2.24, 2.45) is 5.41 Å². The lowest BCUT2D eigenvalue weighted by molar-refractivity contribution is -0.124. The minimum Gasteiger partial charge on any atom is -0.307 e. The van der Waals surface area contributed by atoms with Crippen LogP contribution >= 0.6 is 0 Å². The first kappa shape index (κ1) is 13.8. The fourth-order valence-electron chi connectivity index (χ4n) is 1.85. The second-order valence-corrected chi connectivity index (χ2v) is 5.30. The molecule has 0 atom stereocenters. The van der Waals surface area contributed by atoms with E-state index >= 15 is 0 Å². The van der Waals surface area contributed by atoms with Crippen molar-refractivity contribution in [3.63, 3.8) is 0 Å². The topological polar surface area (TPSA) is 15.3 Å². The molecular weight excluding hydrogens is 217 g/mol. The normalized spacial score (nSPS) is 22.3. The highest BCUT2D eigenvalue weighted by Crippen LogP contribution is 2.29. The van der Waals surface area contributed by atoms with Crippen molar-refractivity contribution in [3.8, 4) is 0 Å². The number of nitrogens with one attached hydrogen (secondary N) is 1. The number of halogens is 3. The Labute approximate surface area is 95.2 Å².